The van der Waals surface area contributed by atoms with E-state index in [9.17, 15) is 0 Å². The Morgan fingerprint density at radius 2 is 2.06 bits per heavy atom. The van der Waals surface area contributed by atoms with E-state index in [0.717, 1.165) is 42.6 Å². The van der Waals surface area contributed by atoms with Crippen molar-refractivity contribution in [1.29, 1.82) is 0 Å². The Labute approximate surface area is 119 Å². The van der Waals surface area contributed by atoms with Gasteiger partial charge in [-0.2, -0.15) is 0 Å². The standard InChI is InChI=1S/C15H24BrNO/c1-4-6-10-18-15-11-13(16)7-8-14(15)12(3)17-9-5-2/h7-8,11-12,17H,4-6,9-10H2,1-3H3. The van der Waals surface area contributed by atoms with E-state index in [0.29, 0.717) is 6.04 Å². The van der Waals surface area contributed by atoms with Gasteiger partial charge in [-0.05, 0) is 38.4 Å². The number of ether oxygens (including phenoxy) is 1. The molecule has 0 heterocycles. The van der Waals surface area contributed by atoms with E-state index in [1.54, 1.807) is 0 Å². The average molecular weight is 314 g/mol. The van der Waals surface area contributed by atoms with Crippen molar-refractivity contribution in [1.82, 2.24) is 5.32 Å². The van der Waals surface area contributed by atoms with Crippen LogP contribution in [0.2, 0.25) is 0 Å². The summed E-state index contributed by atoms with van der Waals surface area (Å²) in [5, 5.41) is 3.50. The highest BCUT2D eigenvalue weighted by atomic mass is 79.9. The van der Waals surface area contributed by atoms with E-state index >= 15 is 0 Å². The van der Waals surface area contributed by atoms with Gasteiger partial charge in [0.05, 0.1) is 6.61 Å². The summed E-state index contributed by atoms with van der Waals surface area (Å²) in [4.78, 5) is 0. The molecule has 0 aliphatic carbocycles. The van der Waals surface area contributed by atoms with Crippen LogP contribution in [-0.4, -0.2) is 13.2 Å². The van der Waals surface area contributed by atoms with Gasteiger partial charge in [0.25, 0.3) is 0 Å². The molecule has 0 spiro atoms. The molecule has 1 rings (SSSR count). The molecule has 18 heavy (non-hydrogen) atoms. The fraction of sp³-hybridized carbons (Fsp3) is 0.600. The van der Waals surface area contributed by atoms with Crippen molar-refractivity contribution < 1.29 is 4.74 Å². The van der Waals surface area contributed by atoms with Crippen molar-refractivity contribution in [2.45, 2.75) is 46.1 Å². The number of hydrogen-bond acceptors (Lipinski definition) is 2. The van der Waals surface area contributed by atoms with Gasteiger partial charge in [-0.25, -0.2) is 0 Å². The van der Waals surface area contributed by atoms with Crippen LogP contribution in [0.5, 0.6) is 5.75 Å². The average Bonchev–Trinajstić information content (AvgIpc) is 2.36. The molecule has 0 radical (unpaired) electrons. The summed E-state index contributed by atoms with van der Waals surface area (Å²) in [7, 11) is 0. The van der Waals surface area contributed by atoms with Gasteiger partial charge < -0.3 is 10.1 Å². The summed E-state index contributed by atoms with van der Waals surface area (Å²) in [6.07, 6.45) is 3.41. The summed E-state index contributed by atoms with van der Waals surface area (Å²) in [6.45, 7) is 8.37. The third-order valence-electron chi connectivity index (χ3n) is 2.90. The van der Waals surface area contributed by atoms with E-state index in [2.05, 4.69) is 60.2 Å². The number of unbranched alkanes of at least 4 members (excludes halogenated alkanes) is 1. The van der Waals surface area contributed by atoms with Gasteiger partial charge in [0, 0.05) is 16.1 Å². The minimum atomic E-state index is 0.328. The smallest absolute Gasteiger partial charge is 0.125 e. The Kier molecular flexibility index (Phi) is 7.36. The lowest BCUT2D eigenvalue weighted by atomic mass is 10.1. The zero-order valence-electron chi connectivity index (χ0n) is 11.6. The van der Waals surface area contributed by atoms with Gasteiger partial charge in [0.1, 0.15) is 5.75 Å². The molecular weight excluding hydrogens is 290 g/mol. The fourth-order valence-electron chi connectivity index (χ4n) is 1.79. The Balaban J connectivity index is 2.74. The minimum absolute atomic E-state index is 0.328. The monoisotopic (exact) mass is 313 g/mol. The molecule has 0 aliphatic rings. The Morgan fingerprint density at radius 1 is 1.28 bits per heavy atom. The summed E-state index contributed by atoms with van der Waals surface area (Å²) in [5.74, 6) is 0.994. The first kappa shape index (κ1) is 15.5. The van der Waals surface area contributed by atoms with Crippen LogP contribution in [0.25, 0.3) is 0 Å². The molecule has 1 atom stereocenters. The van der Waals surface area contributed by atoms with E-state index in [1.165, 1.54) is 5.56 Å². The van der Waals surface area contributed by atoms with E-state index < -0.39 is 0 Å². The van der Waals surface area contributed by atoms with E-state index in [4.69, 9.17) is 4.74 Å². The van der Waals surface area contributed by atoms with E-state index in [1.807, 2.05) is 0 Å². The molecule has 0 amide bonds. The molecule has 0 saturated carbocycles. The summed E-state index contributed by atoms with van der Waals surface area (Å²) >= 11 is 3.51. The molecule has 0 saturated heterocycles. The zero-order chi connectivity index (χ0) is 13.4. The van der Waals surface area contributed by atoms with Crippen molar-refractivity contribution >= 4 is 15.9 Å². The second-order valence-corrected chi connectivity index (χ2v) is 5.48. The SMILES string of the molecule is CCCCOc1cc(Br)ccc1C(C)NCCC. The second-order valence-electron chi connectivity index (χ2n) is 4.56. The molecule has 1 unspecified atom stereocenters. The lowest BCUT2D eigenvalue weighted by Gasteiger charge is -2.18. The van der Waals surface area contributed by atoms with Gasteiger partial charge in [-0.15, -0.1) is 0 Å². The van der Waals surface area contributed by atoms with Crippen LogP contribution in [0.4, 0.5) is 0 Å². The third kappa shape index (κ3) is 4.99. The Bertz CT molecular complexity index is 354. The first-order valence-corrected chi connectivity index (χ1v) is 7.64. The molecule has 1 aromatic rings. The molecule has 3 heteroatoms. The van der Waals surface area contributed by atoms with Crippen molar-refractivity contribution in [2.24, 2.45) is 0 Å². The maximum absolute atomic E-state index is 5.89. The first-order chi connectivity index (χ1) is 8.69. The van der Waals surface area contributed by atoms with Crippen molar-refractivity contribution in [2.75, 3.05) is 13.2 Å². The van der Waals surface area contributed by atoms with Crippen LogP contribution in [0.1, 0.15) is 51.6 Å². The second kappa shape index (κ2) is 8.54. The maximum Gasteiger partial charge on any atom is 0.125 e. The normalized spacial score (nSPS) is 12.4. The number of rotatable bonds is 8. The summed E-state index contributed by atoms with van der Waals surface area (Å²) < 4.78 is 6.96. The van der Waals surface area contributed by atoms with Crippen molar-refractivity contribution in [3.8, 4) is 5.75 Å². The molecule has 0 aliphatic heterocycles. The predicted octanol–water partition coefficient (Wildman–Crippen LogP) is 4.69. The maximum atomic E-state index is 5.89. The van der Waals surface area contributed by atoms with Crippen LogP contribution >= 0.6 is 15.9 Å². The highest BCUT2D eigenvalue weighted by molar-refractivity contribution is 9.10. The largest absolute Gasteiger partial charge is 0.493 e. The van der Waals surface area contributed by atoms with Crippen LogP contribution in [0, 0.1) is 0 Å². The third-order valence-corrected chi connectivity index (χ3v) is 3.39. The summed E-state index contributed by atoms with van der Waals surface area (Å²) in [5.41, 5.74) is 1.24. The Hall–Kier alpha value is -0.540. The van der Waals surface area contributed by atoms with Crippen molar-refractivity contribution in [3.05, 3.63) is 28.2 Å². The van der Waals surface area contributed by atoms with Gasteiger partial charge in [-0.1, -0.05) is 42.3 Å². The van der Waals surface area contributed by atoms with Crippen LogP contribution in [0.15, 0.2) is 22.7 Å². The topological polar surface area (TPSA) is 21.3 Å². The molecular formula is C15H24BrNO. The van der Waals surface area contributed by atoms with Gasteiger partial charge in [-0.3, -0.25) is 0 Å². The lowest BCUT2D eigenvalue weighted by molar-refractivity contribution is 0.303. The zero-order valence-corrected chi connectivity index (χ0v) is 13.2. The minimum Gasteiger partial charge on any atom is -0.493 e. The summed E-state index contributed by atoms with van der Waals surface area (Å²) in [6, 6.07) is 6.61. The molecule has 1 aromatic carbocycles. The molecule has 1 N–H and O–H groups in total. The number of benzene rings is 1. The van der Waals surface area contributed by atoms with Gasteiger partial charge in [0.15, 0.2) is 0 Å². The van der Waals surface area contributed by atoms with Crippen LogP contribution in [0.3, 0.4) is 0 Å². The van der Waals surface area contributed by atoms with E-state index in [-0.39, 0.29) is 0 Å². The van der Waals surface area contributed by atoms with Crippen molar-refractivity contribution in [3.63, 3.8) is 0 Å². The number of hydrogen-bond donors (Lipinski definition) is 1. The van der Waals surface area contributed by atoms with Gasteiger partial charge in [0.2, 0.25) is 0 Å². The quantitative estimate of drug-likeness (QED) is 0.703. The number of halogens is 1. The van der Waals surface area contributed by atoms with Gasteiger partial charge >= 0.3 is 0 Å². The Morgan fingerprint density at radius 3 is 2.72 bits per heavy atom. The fourth-order valence-corrected chi connectivity index (χ4v) is 2.13. The first-order valence-electron chi connectivity index (χ1n) is 6.84. The molecule has 0 bridgehead atoms. The lowest BCUT2D eigenvalue weighted by Crippen LogP contribution is -2.20. The highest BCUT2D eigenvalue weighted by Gasteiger charge is 2.11. The number of nitrogens with one attached hydrogen (secondary N) is 1. The van der Waals surface area contributed by atoms with Crippen LogP contribution < -0.4 is 10.1 Å². The predicted molar refractivity (Wildman–Crippen MR) is 81.3 cm³/mol. The highest BCUT2D eigenvalue weighted by Crippen LogP contribution is 2.28. The molecule has 0 aromatic heterocycles. The van der Waals surface area contributed by atoms with Crippen LogP contribution in [-0.2, 0) is 0 Å². The molecule has 0 fully saturated rings. The molecule has 2 nitrogen and oxygen atoms in total. The molecule has 102 valence electrons.